The summed E-state index contributed by atoms with van der Waals surface area (Å²) in [5, 5.41) is 20.2. The van der Waals surface area contributed by atoms with E-state index in [1.165, 1.54) is 0 Å². The molecule has 0 radical (unpaired) electrons. The molecule has 0 saturated heterocycles. The van der Waals surface area contributed by atoms with E-state index in [0.29, 0.717) is 13.1 Å². The number of hydrogen-bond donors (Lipinski definition) is 3. The van der Waals surface area contributed by atoms with E-state index in [2.05, 4.69) is 15.5 Å². The molecule has 0 aliphatic rings. The second-order valence-corrected chi connectivity index (χ2v) is 5.44. The van der Waals surface area contributed by atoms with Gasteiger partial charge in [-0.15, -0.1) is 0 Å². The van der Waals surface area contributed by atoms with Gasteiger partial charge < -0.3 is 15.2 Å². The number of aliphatic hydroxyl groups excluding tert-OH is 1. The molecule has 1 heterocycles. The Morgan fingerprint density at radius 1 is 1.29 bits per heavy atom. The van der Waals surface area contributed by atoms with Crippen molar-refractivity contribution in [1.29, 1.82) is 0 Å². The highest BCUT2D eigenvalue weighted by atomic mass is 16.5. The summed E-state index contributed by atoms with van der Waals surface area (Å²) < 4.78 is 5.16. The Morgan fingerprint density at radius 3 is 2.62 bits per heavy atom. The SMILES string of the molecule is COc1ccc(-c2[nH]ncc2CNCC(O)C(C)C)cc1. The number of aromatic nitrogens is 2. The molecule has 2 aromatic rings. The van der Waals surface area contributed by atoms with Gasteiger partial charge in [0, 0.05) is 24.2 Å². The second kappa shape index (κ2) is 7.24. The summed E-state index contributed by atoms with van der Waals surface area (Å²) in [6.45, 7) is 5.26. The van der Waals surface area contributed by atoms with Crippen LogP contribution in [0.15, 0.2) is 30.5 Å². The van der Waals surface area contributed by atoms with Gasteiger partial charge in [0.2, 0.25) is 0 Å². The number of methoxy groups -OCH3 is 1. The third kappa shape index (κ3) is 4.06. The lowest BCUT2D eigenvalue weighted by atomic mass is 10.1. The van der Waals surface area contributed by atoms with Crippen LogP contribution in [0.25, 0.3) is 11.3 Å². The van der Waals surface area contributed by atoms with E-state index in [4.69, 9.17) is 4.74 Å². The molecule has 1 aromatic carbocycles. The van der Waals surface area contributed by atoms with Gasteiger partial charge in [-0.25, -0.2) is 0 Å². The van der Waals surface area contributed by atoms with Crippen LogP contribution in [0.2, 0.25) is 0 Å². The van der Waals surface area contributed by atoms with Crippen molar-refractivity contribution in [2.45, 2.75) is 26.5 Å². The average Bonchev–Trinajstić information content (AvgIpc) is 2.95. The van der Waals surface area contributed by atoms with E-state index in [1.54, 1.807) is 7.11 Å². The van der Waals surface area contributed by atoms with Gasteiger partial charge in [-0.2, -0.15) is 5.10 Å². The molecule has 0 saturated carbocycles. The Hall–Kier alpha value is -1.85. The molecule has 1 aromatic heterocycles. The monoisotopic (exact) mass is 289 g/mol. The van der Waals surface area contributed by atoms with E-state index in [1.807, 2.05) is 44.3 Å². The lowest BCUT2D eigenvalue weighted by Crippen LogP contribution is -2.30. The average molecular weight is 289 g/mol. The van der Waals surface area contributed by atoms with Crippen molar-refractivity contribution in [3.8, 4) is 17.0 Å². The summed E-state index contributed by atoms with van der Waals surface area (Å²) in [5.41, 5.74) is 3.13. The number of nitrogens with zero attached hydrogens (tertiary/aromatic N) is 1. The molecule has 1 atom stereocenters. The minimum atomic E-state index is -0.332. The van der Waals surface area contributed by atoms with Gasteiger partial charge in [0.05, 0.1) is 25.1 Å². The molecule has 5 nitrogen and oxygen atoms in total. The summed E-state index contributed by atoms with van der Waals surface area (Å²) in [6, 6.07) is 7.85. The Labute approximate surface area is 125 Å². The van der Waals surface area contributed by atoms with E-state index >= 15 is 0 Å². The molecule has 2 rings (SSSR count). The van der Waals surface area contributed by atoms with Crippen LogP contribution in [0, 0.1) is 5.92 Å². The van der Waals surface area contributed by atoms with Crippen LogP contribution >= 0.6 is 0 Å². The fourth-order valence-electron chi connectivity index (χ4n) is 2.04. The zero-order chi connectivity index (χ0) is 15.2. The first-order valence-corrected chi connectivity index (χ1v) is 7.17. The standard InChI is InChI=1S/C16H23N3O2/c1-11(2)15(20)10-17-8-13-9-18-19-16(13)12-4-6-14(21-3)7-5-12/h4-7,9,11,15,17,20H,8,10H2,1-3H3,(H,18,19). The molecule has 0 spiro atoms. The number of ether oxygens (including phenoxy) is 1. The van der Waals surface area contributed by atoms with Crippen LogP contribution in [0.1, 0.15) is 19.4 Å². The predicted molar refractivity (Wildman–Crippen MR) is 83.1 cm³/mol. The van der Waals surface area contributed by atoms with Gasteiger partial charge in [0.1, 0.15) is 5.75 Å². The van der Waals surface area contributed by atoms with Crippen LogP contribution < -0.4 is 10.1 Å². The Kier molecular flexibility index (Phi) is 5.36. The molecular formula is C16H23N3O2. The van der Waals surface area contributed by atoms with Crippen LogP contribution in [0.4, 0.5) is 0 Å². The highest BCUT2D eigenvalue weighted by Gasteiger charge is 2.11. The molecule has 114 valence electrons. The Bertz CT molecular complexity index is 549. The lowest BCUT2D eigenvalue weighted by Gasteiger charge is -2.15. The maximum atomic E-state index is 9.80. The number of aliphatic hydroxyl groups is 1. The van der Waals surface area contributed by atoms with E-state index < -0.39 is 0 Å². The second-order valence-electron chi connectivity index (χ2n) is 5.44. The van der Waals surface area contributed by atoms with Crippen molar-refractivity contribution in [1.82, 2.24) is 15.5 Å². The highest BCUT2D eigenvalue weighted by molar-refractivity contribution is 5.63. The van der Waals surface area contributed by atoms with Crippen molar-refractivity contribution in [3.05, 3.63) is 36.0 Å². The quantitative estimate of drug-likeness (QED) is 0.731. The van der Waals surface area contributed by atoms with Crippen LogP contribution in [0.3, 0.4) is 0 Å². The highest BCUT2D eigenvalue weighted by Crippen LogP contribution is 2.23. The Morgan fingerprint density at radius 2 is 2.00 bits per heavy atom. The molecule has 0 aliphatic carbocycles. The van der Waals surface area contributed by atoms with Crippen LogP contribution in [0.5, 0.6) is 5.75 Å². The molecule has 3 N–H and O–H groups in total. The number of nitrogens with one attached hydrogen (secondary N) is 2. The molecule has 0 aliphatic heterocycles. The number of rotatable bonds is 7. The molecule has 21 heavy (non-hydrogen) atoms. The summed E-state index contributed by atoms with van der Waals surface area (Å²) in [4.78, 5) is 0. The molecule has 5 heteroatoms. The smallest absolute Gasteiger partial charge is 0.118 e. The first kappa shape index (κ1) is 15.5. The summed E-state index contributed by atoms with van der Waals surface area (Å²) >= 11 is 0. The van der Waals surface area contributed by atoms with Crippen LogP contribution in [-0.2, 0) is 6.54 Å². The number of hydrogen-bond acceptors (Lipinski definition) is 4. The molecular weight excluding hydrogens is 266 g/mol. The van der Waals surface area contributed by atoms with Gasteiger partial charge >= 0.3 is 0 Å². The number of benzene rings is 1. The zero-order valence-electron chi connectivity index (χ0n) is 12.8. The molecule has 0 bridgehead atoms. The van der Waals surface area contributed by atoms with Gasteiger partial charge in [0.15, 0.2) is 0 Å². The summed E-state index contributed by atoms with van der Waals surface area (Å²) in [6.07, 6.45) is 1.48. The molecule has 1 unspecified atom stereocenters. The normalized spacial score (nSPS) is 12.6. The first-order valence-electron chi connectivity index (χ1n) is 7.17. The van der Waals surface area contributed by atoms with E-state index in [0.717, 1.165) is 22.6 Å². The Balaban J connectivity index is 2.01. The minimum Gasteiger partial charge on any atom is -0.497 e. The fraction of sp³-hybridized carbons (Fsp3) is 0.438. The summed E-state index contributed by atoms with van der Waals surface area (Å²) in [5.74, 6) is 1.08. The van der Waals surface area contributed by atoms with Gasteiger partial charge in [-0.1, -0.05) is 13.8 Å². The topological polar surface area (TPSA) is 70.2 Å². The van der Waals surface area contributed by atoms with Gasteiger partial charge in [0.25, 0.3) is 0 Å². The molecule has 0 amide bonds. The third-order valence-electron chi connectivity index (χ3n) is 3.54. The lowest BCUT2D eigenvalue weighted by molar-refractivity contribution is 0.123. The maximum absolute atomic E-state index is 9.80. The minimum absolute atomic E-state index is 0.253. The number of aromatic amines is 1. The first-order chi connectivity index (χ1) is 10.1. The zero-order valence-corrected chi connectivity index (χ0v) is 12.8. The third-order valence-corrected chi connectivity index (χ3v) is 3.54. The van der Waals surface area contributed by atoms with Gasteiger partial charge in [-0.05, 0) is 30.2 Å². The van der Waals surface area contributed by atoms with Crippen molar-refractivity contribution >= 4 is 0 Å². The van der Waals surface area contributed by atoms with Gasteiger partial charge in [-0.3, -0.25) is 5.10 Å². The predicted octanol–water partition coefficient (Wildman–Crippen LogP) is 2.19. The maximum Gasteiger partial charge on any atom is 0.118 e. The molecule has 0 fully saturated rings. The van der Waals surface area contributed by atoms with Crippen molar-refractivity contribution in [2.24, 2.45) is 5.92 Å². The summed E-state index contributed by atoms with van der Waals surface area (Å²) in [7, 11) is 1.65. The van der Waals surface area contributed by atoms with E-state index in [-0.39, 0.29) is 12.0 Å². The largest absolute Gasteiger partial charge is 0.497 e. The van der Waals surface area contributed by atoms with Crippen molar-refractivity contribution in [3.63, 3.8) is 0 Å². The van der Waals surface area contributed by atoms with E-state index in [9.17, 15) is 5.11 Å². The number of H-pyrrole nitrogens is 1. The van der Waals surface area contributed by atoms with Crippen molar-refractivity contribution < 1.29 is 9.84 Å². The fourth-order valence-corrected chi connectivity index (χ4v) is 2.04. The van der Waals surface area contributed by atoms with Crippen molar-refractivity contribution in [2.75, 3.05) is 13.7 Å². The van der Waals surface area contributed by atoms with Crippen LogP contribution in [-0.4, -0.2) is 35.1 Å².